The number of hydrogen-bond donors (Lipinski definition) is 1. The summed E-state index contributed by atoms with van der Waals surface area (Å²) in [5.74, 6) is 0.0486. The molecule has 1 N–H and O–H groups in total. The molecule has 21 heavy (non-hydrogen) atoms. The second-order valence-electron chi connectivity index (χ2n) is 4.61. The normalized spacial score (nSPS) is 9.95. The molecule has 0 saturated carbocycles. The lowest BCUT2D eigenvalue weighted by Crippen LogP contribution is -2.31. The first-order chi connectivity index (χ1) is 10.0. The third-order valence-corrected chi connectivity index (χ3v) is 3.05. The van der Waals surface area contributed by atoms with Gasteiger partial charge in [0.05, 0.1) is 0 Å². The SMILES string of the molecule is Cc1cc(C)n(CC(=O)Nc2ccccn2)c(=O)c1C#N. The molecule has 6 heteroatoms. The van der Waals surface area contributed by atoms with Crippen molar-refractivity contribution >= 4 is 11.7 Å². The molecule has 0 aliphatic carbocycles. The number of anilines is 1. The van der Waals surface area contributed by atoms with Gasteiger partial charge in [-0.1, -0.05) is 6.07 Å². The second kappa shape index (κ2) is 6.01. The molecule has 0 saturated heterocycles. The van der Waals surface area contributed by atoms with E-state index in [0.29, 0.717) is 17.1 Å². The monoisotopic (exact) mass is 282 g/mol. The van der Waals surface area contributed by atoms with Crippen molar-refractivity contribution in [3.63, 3.8) is 0 Å². The summed E-state index contributed by atoms with van der Waals surface area (Å²) in [6.45, 7) is 3.27. The fraction of sp³-hybridized carbons (Fsp3) is 0.200. The minimum absolute atomic E-state index is 0.0613. The number of amides is 1. The number of carbonyl (C=O) groups excluding carboxylic acids is 1. The van der Waals surface area contributed by atoms with Gasteiger partial charge in [-0.3, -0.25) is 9.59 Å². The van der Waals surface area contributed by atoms with Crippen molar-refractivity contribution in [3.05, 3.63) is 57.6 Å². The summed E-state index contributed by atoms with van der Waals surface area (Å²) in [4.78, 5) is 28.1. The Labute approximate surface area is 121 Å². The zero-order valence-electron chi connectivity index (χ0n) is 11.8. The number of nitrogens with one attached hydrogen (secondary N) is 1. The molecule has 2 aromatic rings. The predicted molar refractivity (Wildman–Crippen MR) is 77.8 cm³/mol. The maximum Gasteiger partial charge on any atom is 0.269 e. The molecule has 0 aliphatic heterocycles. The maximum atomic E-state index is 12.2. The van der Waals surface area contributed by atoms with Crippen molar-refractivity contribution in [3.8, 4) is 6.07 Å². The molecule has 2 heterocycles. The molecule has 0 spiro atoms. The summed E-state index contributed by atoms with van der Waals surface area (Å²) in [5.41, 5.74) is 0.853. The number of carbonyl (C=O) groups is 1. The van der Waals surface area contributed by atoms with Crippen molar-refractivity contribution in [1.82, 2.24) is 9.55 Å². The quantitative estimate of drug-likeness (QED) is 0.921. The van der Waals surface area contributed by atoms with Crippen LogP contribution in [0.15, 0.2) is 35.3 Å². The summed E-state index contributed by atoms with van der Waals surface area (Å²) in [6.07, 6.45) is 1.56. The third kappa shape index (κ3) is 3.15. The Morgan fingerprint density at radius 3 is 2.81 bits per heavy atom. The van der Waals surface area contributed by atoms with Crippen LogP contribution in [0.5, 0.6) is 0 Å². The Kier molecular flexibility index (Phi) is 4.14. The van der Waals surface area contributed by atoms with Gasteiger partial charge in [0.1, 0.15) is 24.0 Å². The molecule has 0 atom stereocenters. The molecule has 106 valence electrons. The first-order valence-electron chi connectivity index (χ1n) is 6.35. The van der Waals surface area contributed by atoms with Crippen LogP contribution in [-0.2, 0) is 11.3 Å². The van der Waals surface area contributed by atoms with Gasteiger partial charge in [-0.15, -0.1) is 0 Å². The molecule has 0 aliphatic rings. The van der Waals surface area contributed by atoms with E-state index >= 15 is 0 Å². The zero-order valence-corrected chi connectivity index (χ0v) is 11.8. The molecular formula is C15H14N4O2. The Balaban J connectivity index is 2.26. The van der Waals surface area contributed by atoms with Crippen LogP contribution in [0.4, 0.5) is 5.82 Å². The minimum Gasteiger partial charge on any atom is -0.309 e. The van der Waals surface area contributed by atoms with Gasteiger partial charge in [0, 0.05) is 11.9 Å². The average Bonchev–Trinajstić information content (AvgIpc) is 2.45. The number of pyridine rings is 2. The fourth-order valence-electron chi connectivity index (χ4n) is 2.02. The van der Waals surface area contributed by atoms with Crippen LogP contribution >= 0.6 is 0 Å². The Morgan fingerprint density at radius 1 is 1.43 bits per heavy atom. The molecule has 2 rings (SSSR count). The van der Waals surface area contributed by atoms with E-state index < -0.39 is 5.56 Å². The molecule has 0 bridgehead atoms. The molecule has 0 aromatic carbocycles. The van der Waals surface area contributed by atoms with E-state index in [1.165, 1.54) is 4.57 Å². The Morgan fingerprint density at radius 2 is 2.19 bits per heavy atom. The molecule has 6 nitrogen and oxygen atoms in total. The average molecular weight is 282 g/mol. The first kappa shape index (κ1) is 14.5. The zero-order chi connectivity index (χ0) is 15.4. The standard InChI is InChI=1S/C15H14N4O2/c1-10-7-11(2)19(15(21)12(10)8-16)9-14(20)18-13-5-3-4-6-17-13/h3-7H,9H2,1-2H3,(H,17,18,20). The van der Waals surface area contributed by atoms with Crippen LogP contribution in [0.1, 0.15) is 16.8 Å². The third-order valence-electron chi connectivity index (χ3n) is 3.05. The molecule has 0 radical (unpaired) electrons. The van der Waals surface area contributed by atoms with Gasteiger partial charge in [-0.2, -0.15) is 5.26 Å². The maximum absolute atomic E-state index is 12.2. The van der Waals surface area contributed by atoms with Crippen LogP contribution in [0.25, 0.3) is 0 Å². The number of rotatable bonds is 3. The summed E-state index contributed by atoms with van der Waals surface area (Å²) in [7, 11) is 0. The second-order valence-corrected chi connectivity index (χ2v) is 4.61. The number of aryl methyl sites for hydroxylation is 2. The van der Waals surface area contributed by atoms with Crippen LogP contribution in [0.2, 0.25) is 0 Å². The largest absolute Gasteiger partial charge is 0.309 e. The van der Waals surface area contributed by atoms with Gasteiger partial charge in [-0.25, -0.2) is 4.98 Å². The van der Waals surface area contributed by atoms with E-state index in [-0.39, 0.29) is 18.0 Å². The number of hydrogen-bond acceptors (Lipinski definition) is 4. The lowest BCUT2D eigenvalue weighted by molar-refractivity contribution is -0.116. The lowest BCUT2D eigenvalue weighted by Gasteiger charge is -2.11. The topological polar surface area (TPSA) is 87.8 Å². The van der Waals surface area contributed by atoms with E-state index in [9.17, 15) is 9.59 Å². The summed E-state index contributed by atoms with van der Waals surface area (Å²) >= 11 is 0. The molecular weight excluding hydrogens is 268 g/mol. The summed E-state index contributed by atoms with van der Waals surface area (Å²) in [6, 6.07) is 8.74. The smallest absolute Gasteiger partial charge is 0.269 e. The van der Waals surface area contributed by atoms with Gasteiger partial charge >= 0.3 is 0 Å². The predicted octanol–water partition coefficient (Wildman–Crippen LogP) is 1.37. The van der Waals surface area contributed by atoms with Gasteiger partial charge in [-0.05, 0) is 37.6 Å². The van der Waals surface area contributed by atoms with Crippen molar-refractivity contribution < 1.29 is 4.79 Å². The highest BCUT2D eigenvalue weighted by Crippen LogP contribution is 2.06. The van der Waals surface area contributed by atoms with Crippen molar-refractivity contribution in [2.24, 2.45) is 0 Å². The van der Waals surface area contributed by atoms with Crippen LogP contribution in [-0.4, -0.2) is 15.5 Å². The lowest BCUT2D eigenvalue weighted by atomic mass is 10.1. The Bertz CT molecular complexity index is 773. The first-order valence-corrected chi connectivity index (χ1v) is 6.35. The van der Waals surface area contributed by atoms with E-state index in [2.05, 4.69) is 10.3 Å². The summed E-state index contributed by atoms with van der Waals surface area (Å²) < 4.78 is 1.28. The van der Waals surface area contributed by atoms with Gasteiger partial charge in [0.25, 0.3) is 5.56 Å². The van der Waals surface area contributed by atoms with Crippen molar-refractivity contribution in [2.45, 2.75) is 20.4 Å². The number of aromatic nitrogens is 2. The Hall–Kier alpha value is -2.94. The number of nitrogens with zero attached hydrogens (tertiary/aromatic N) is 3. The van der Waals surface area contributed by atoms with E-state index in [4.69, 9.17) is 5.26 Å². The van der Waals surface area contributed by atoms with Gasteiger partial charge in [0.2, 0.25) is 5.91 Å². The van der Waals surface area contributed by atoms with E-state index in [1.54, 1.807) is 44.3 Å². The highest BCUT2D eigenvalue weighted by molar-refractivity contribution is 5.89. The van der Waals surface area contributed by atoms with Crippen molar-refractivity contribution in [1.29, 1.82) is 5.26 Å². The van der Waals surface area contributed by atoms with Crippen LogP contribution < -0.4 is 10.9 Å². The minimum atomic E-state index is -0.453. The van der Waals surface area contributed by atoms with Gasteiger partial charge < -0.3 is 9.88 Å². The fourth-order valence-corrected chi connectivity index (χ4v) is 2.02. The van der Waals surface area contributed by atoms with Crippen LogP contribution in [0, 0.1) is 25.2 Å². The molecule has 2 aromatic heterocycles. The molecule has 1 amide bonds. The highest BCUT2D eigenvalue weighted by Gasteiger charge is 2.13. The highest BCUT2D eigenvalue weighted by atomic mass is 16.2. The van der Waals surface area contributed by atoms with Crippen molar-refractivity contribution in [2.75, 3.05) is 5.32 Å². The molecule has 0 fully saturated rings. The van der Waals surface area contributed by atoms with E-state index in [1.807, 2.05) is 6.07 Å². The van der Waals surface area contributed by atoms with Crippen LogP contribution in [0.3, 0.4) is 0 Å². The summed E-state index contributed by atoms with van der Waals surface area (Å²) in [5, 5.41) is 11.6. The van der Waals surface area contributed by atoms with Gasteiger partial charge in [0.15, 0.2) is 0 Å². The van der Waals surface area contributed by atoms with E-state index in [0.717, 1.165) is 0 Å². The molecule has 0 unspecified atom stereocenters. The number of nitriles is 1.